The van der Waals surface area contributed by atoms with Gasteiger partial charge >= 0.3 is 0 Å². The summed E-state index contributed by atoms with van der Waals surface area (Å²) in [5.41, 5.74) is 1.53. The molecule has 0 aliphatic rings. The van der Waals surface area contributed by atoms with Crippen LogP contribution in [0.2, 0.25) is 5.02 Å². The van der Waals surface area contributed by atoms with E-state index in [1.165, 1.54) is 7.11 Å². The van der Waals surface area contributed by atoms with E-state index in [1.54, 1.807) is 38.6 Å². The third-order valence-corrected chi connectivity index (χ3v) is 3.97. The first-order valence-corrected chi connectivity index (χ1v) is 8.43. The van der Waals surface area contributed by atoms with E-state index in [1.807, 2.05) is 24.3 Å². The van der Waals surface area contributed by atoms with Crippen LogP contribution in [-0.4, -0.2) is 31.3 Å². The molecule has 9 heteroatoms. The zero-order chi connectivity index (χ0) is 19.2. The Hall–Kier alpha value is -2.90. The summed E-state index contributed by atoms with van der Waals surface area (Å²) < 4.78 is 15.8. The predicted molar refractivity (Wildman–Crippen MR) is 113 cm³/mol. The van der Waals surface area contributed by atoms with Gasteiger partial charge in [-0.05, 0) is 24.3 Å². The van der Waals surface area contributed by atoms with Gasteiger partial charge in [0.05, 0.1) is 26.4 Å². The summed E-state index contributed by atoms with van der Waals surface area (Å²) in [6, 6.07) is 12.8. The highest BCUT2D eigenvalue weighted by Crippen LogP contribution is 2.38. The van der Waals surface area contributed by atoms with Crippen LogP contribution in [0.25, 0.3) is 0 Å². The second-order valence-corrected chi connectivity index (χ2v) is 5.85. The largest absolute Gasteiger partial charge is 0.497 e. The highest BCUT2D eigenvalue weighted by Gasteiger charge is 2.12. The zero-order valence-electron chi connectivity index (χ0n) is 15.5. The lowest BCUT2D eigenvalue weighted by atomic mass is 10.2. The van der Waals surface area contributed by atoms with Crippen molar-refractivity contribution in [2.24, 2.45) is 0 Å². The lowest BCUT2D eigenvalue weighted by Gasteiger charge is -2.13. The number of hydrogen-bond acceptors (Lipinski definition) is 7. The number of anilines is 4. The summed E-state index contributed by atoms with van der Waals surface area (Å²) in [5, 5.41) is 6.75. The number of rotatable bonds is 7. The quantitative estimate of drug-likeness (QED) is 0.550. The Morgan fingerprint density at radius 1 is 0.893 bits per heavy atom. The molecule has 0 saturated heterocycles. The van der Waals surface area contributed by atoms with Crippen LogP contribution in [0.3, 0.4) is 0 Å². The third kappa shape index (κ3) is 5.09. The molecule has 0 aliphatic carbocycles. The molecule has 1 heterocycles. The van der Waals surface area contributed by atoms with Crippen LogP contribution in [-0.2, 0) is 0 Å². The van der Waals surface area contributed by atoms with Gasteiger partial charge in [-0.15, -0.1) is 12.4 Å². The highest BCUT2D eigenvalue weighted by molar-refractivity contribution is 6.32. The monoisotopic (exact) mass is 422 g/mol. The average Bonchev–Trinajstić information content (AvgIpc) is 2.68. The van der Waals surface area contributed by atoms with E-state index in [2.05, 4.69) is 20.6 Å². The molecule has 7 nitrogen and oxygen atoms in total. The minimum atomic E-state index is 0. The van der Waals surface area contributed by atoms with E-state index in [9.17, 15) is 0 Å². The number of nitrogens with zero attached hydrogens (tertiary/aromatic N) is 2. The van der Waals surface area contributed by atoms with Gasteiger partial charge < -0.3 is 24.8 Å². The van der Waals surface area contributed by atoms with Crippen molar-refractivity contribution in [2.75, 3.05) is 32.0 Å². The van der Waals surface area contributed by atoms with Gasteiger partial charge in [-0.2, -0.15) is 4.98 Å². The highest BCUT2D eigenvalue weighted by atomic mass is 35.5. The van der Waals surface area contributed by atoms with Crippen molar-refractivity contribution in [3.05, 3.63) is 53.7 Å². The number of halogens is 2. The molecule has 2 N–H and O–H groups in total. The molecule has 0 unspecified atom stereocenters. The van der Waals surface area contributed by atoms with Gasteiger partial charge in [0, 0.05) is 29.7 Å². The maximum atomic E-state index is 6.24. The Kier molecular flexibility index (Phi) is 7.54. The van der Waals surface area contributed by atoms with Gasteiger partial charge in [-0.3, -0.25) is 0 Å². The topological polar surface area (TPSA) is 77.5 Å². The Bertz CT molecular complexity index is 941. The van der Waals surface area contributed by atoms with Gasteiger partial charge in [0.2, 0.25) is 5.95 Å². The van der Waals surface area contributed by atoms with Crippen LogP contribution in [0.5, 0.6) is 17.2 Å². The fourth-order valence-corrected chi connectivity index (χ4v) is 2.74. The number of benzene rings is 2. The maximum absolute atomic E-state index is 6.24. The van der Waals surface area contributed by atoms with E-state index in [-0.39, 0.29) is 12.4 Å². The van der Waals surface area contributed by atoms with Crippen molar-refractivity contribution < 1.29 is 14.2 Å². The van der Waals surface area contributed by atoms with Crippen LogP contribution < -0.4 is 24.8 Å². The Balaban J connectivity index is 0.00000280. The van der Waals surface area contributed by atoms with Crippen molar-refractivity contribution in [3.8, 4) is 17.2 Å². The van der Waals surface area contributed by atoms with Crippen molar-refractivity contribution in [3.63, 3.8) is 0 Å². The normalized spacial score (nSPS) is 9.86. The van der Waals surface area contributed by atoms with Gasteiger partial charge in [-0.1, -0.05) is 17.7 Å². The van der Waals surface area contributed by atoms with Crippen LogP contribution in [0.15, 0.2) is 48.7 Å². The molecular formula is C19H20Cl2N4O3. The first kappa shape index (κ1) is 21.4. The molecule has 0 saturated carbocycles. The van der Waals surface area contributed by atoms with Crippen LogP contribution in [0, 0.1) is 0 Å². The molecule has 0 bridgehead atoms. The Morgan fingerprint density at radius 2 is 1.71 bits per heavy atom. The molecule has 2 aromatic carbocycles. The second-order valence-electron chi connectivity index (χ2n) is 5.44. The van der Waals surface area contributed by atoms with Gasteiger partial charge in [-0.25, -0.2) is 4.98 Å². The number of methoxy groups -OCH3 is 3. The van der Waals surface area contributed by atoms with E-state index >= 15 is 0 Å². The summed E-state index contributed by atoms with van der Waals surface area (Å²) in [6.45, 7) is 0. The summed E-state index contributed by atoms with van der Waals surface area (Å²) in [4.78, 5) is 8.69. The fourth-order valence-electron chi connectivity index (χ4n) is 2.46. The first-order valence-electron chi connectivity index (χ1n) is 8.05. The summed E-state index contributed by atoms with van der Waals surface area (Å²) in [7, 11) is 4.71. The minimum absolute atomic E-state index is 0. The Morgan fingerprint density at radius 3 is 2.43 bits per heavy atom. The molecule has 0 spiro atoms. The number of ether oxygens (including phenoxy) is 3. The third-order valence-electron chi connectivity index (χ3n) is 3.69. The van der Waals surface area contributed by atoms with Gasteiger partial charge in [0.25, 0.3) is 0 Å². The van der Waals surface area contributed by atoms with Crippen molar-refractivity contribution in [2.45, 2.75) is 0 Å². The van der Waals surface area contributed by atoms with Gasteiger partial charge in [0.15, 0.2) is 11.5 Å². The average molecular weight is 423 g/mol. The molecule has 0 radical (unpaired) electrons. The van der Waals surface area contributed by atoms with E-state index in [0.29, 0.717) is 34.0 Å². The summed E-state index contributed by atoms with van der Waals surface area (Å²) in [5.74, 6) is 2.78. The Labute approximate surface area is 174 Å². The molecule has 0 aliphatic heterocycles. The number of aromatic nitrogens is 2. The van der Waals surface area contributed by atoms with E-state index in [4.69, 9.17) is 25.8 Å². The molecule has 0 amide bonds. The molecule has 3 aromatic rings. The molecule has 1 aromatic heterocycles. The smallest absolute Gasteiger partial charge is 0.229 e. The molecule has 3 rings (SSSR count). The van der Waals surface area contributed by atoms with Crippen molar-refractivity contribution in [1.29, 1.82) is 0 Å². The molecule has 148 valence electrons. The van der Waals surface area contributed by atoms with E-state index < -0.39 is 0 Å². The standard InChI is InChI=1S/C19H19ClN4O3.ClH/c1-25-14-6-4-5-12(9-14)22-17-7-8-21-19(24-17)23-13-10-15(20)18(27-3)16(11-13)26-2;/h4-11H,1-3H3,(H2,21,22,23,24);1H. The number of hydrogen-bond donors (Lipinski definition) is 2. The molecule has 0 fully saturated rings. The first-order chi connectivity index (χ1) is 13.1. The van der Waals surface area contributed by atoms with Crippen molar-refractivity contribution in [1.82, 2.24) is 9.97 Å². The van der Waals surface area contributed by atoms with Crippen LogP contribution >= 0.6 is 24.0 Å². The minimum Gasteiger partial charge on any atom is -0.497 e. The second kappa shape index (κ2) is 9.87. The van der Waals surface area contributed by atoms with Crippen LogP contribution in [0.4, 0.5) is 23.1 Å². The lowest BCUT2D eigenvalue weighted by molar-refractivity contribution is 0.355. The SMILES string of the molecule is COc1cccc(Nc2ccnc(Nc3cc(Cl)c(OC)c(OC)c3)n2)c1.Cl. The maximum Gasteiger partial charge on any atom is 0.229 e. The summed E-state index contributed by atoms with van der Waals surface area (Å²) in [6.07, 6.45) is 1.65. The van der Waals surface area contributed by atoms with Crippen molar-refractivity contribution >= 4 is 47.1 Å². The summed E-state index contributed by atoms with van der Waals surface area (Å²) >= 11 is 6.24. The number of nitrogens with one attached hydrogen (secondary N) is 2. The van der Waals surface area contributed by atoms with E-state index in [0.717, 1.165) is 11.4 Å². The zero-order valence-corrected chi connectivity index (χ0v) is 17.1. The lowest BCUT2D eigenvalue weighted by Crippen LogP contribution is -2.01. The van der Waals surface area contributed by atoms with Gasteiger partial charge in [0.1, 0.15) is 11.6 Å². The van der Waals surface area contributed by atoms with Crippen LogP contribution in [0.1, 0.15) is 0 Å². The molecule has 28 heavy (non-hydrogen) atoms. The molecule has 0 atom stereocenters. The predicted octanol–water partition coefficient (Wildman–Crippen LogP) is 5.06. The fraction of sp³-hybridized carbons (Fsp3) is 0.158. The molecular weight excluding hydrogens is 403 g/mol.